The number of hydroxylamine groups is 2. The second-order valence-electron chi connectivity index (χ2n) is 14.2. The van der Waals surface area contributed by atoms with E-state index in [1.165, 1.54) is 0 Å². The smallest absolute Gasteiger partial charge is 0.327 e. The molecular formula is C37H43N3O9. The largest absolute Gasteiger partial charge is 0.508 e. The maximum atomic E-state index is 14.3. The number of nitrogens with one attached hydrogen (secondary N) is 2. The molecule has 3 saturated carbocycles. The third-order valence-corrected chi connectivity index (χ3v) is 10.9. The summed E-state index contributed by atoms with van der Waals surface area (Å²) >= 11 is 0. The van der Waals surface area contributed by atoms with Gasteiger partial charge in [-0.15, -0.1) is 0 Å². The third-order valence-electron chi connectivity index (χ3n) is 10.9. The van der Waals surface area contributed by atoms with Gasteiger partial charge in [-0.3, -0.25) is 19.2 Å². The van der Waals surface area contributed by atoms with Gasteiger partial charge < -0.3 is 35.1 Å². The number of aliphatic hydroxyl groups is 1. The predicted molar refractivity (Wildman–Crippen MR) is 174 cm³/mol. The van der Waals surface area contributed by atoms with Crippen LogP contribution in [-0.4, -0.2) is 89.0 Å². The van der Waals surface area contributed by atoms with Crippen molar-refractivity contribution < 1.29 is 43.6 Å². The molecule has 3 aliphatic heterocycles. The summed E-state index contributed by atoms with van der Waals surface area (Å²) in [5, 5.41) is 26.2. The van der Waals surface area contributed by atoms with Gasteiger partial charge in [0.1, 0.15) is 35.6 Å². The molecule has 2 aromatic rings. The van der Waals surface area contributed by atoms with Crippen LogP contribution in [0.4, 0.5) is 0 Å². The lowest BCUT2D eigenvalue weighted by Gasteiger charge is -2.48. The van der Waals surface area contributed by atoms with Gasteiger partial charge in [0, 0.05) is 37.8 Å². The number of aromatic hydroxyl groups is 1. The number of amides is 2. The van der Waals surface area contributed by atoms with E-state index in [2.05, 4.69) is 10.6 Å². The first-order valence-corrected chi connectivity index (χ1v) is 17.5. The molecule has 0 aromatic heterocycles. The van der Waals surface area contributed by atoms with Crippen LogP contribution in [-0.2, 0) is 46.4 Å². The van der Waals surface area contributed by atoms with Crippen LogP contribution in [0.25, 0.3) is 6.08 Å². The Morgan fingerprint density at radius 1 is 0.959 bits per heavy atom. The first kappa shape index (κ1) is 32.4. The normalized spacial score (nSPS) is 31.4. The highest BCUT2D eigenvalue weighted by atomic mass is 16.8. The zero-order valence-electron chi connectivity index (χ0n) is 27.3. The van der Waals surface area contributed by atoms with E-state index in [1.807, 2.05) is 48.6 Å². The number of aliphatic hydroxyl groups excluding tert-OH is 1. The average Bonchev–Trinajstić information content (AvgIpc) is 4.04. The van der Waals surface area contributed by atoms with E-state index in [4.69, 9.17) is 24.2 Å². The highest BCUT2D eigenvalue weighted by Gasteiger charge is 2.78. The molecule has 2 aromatic carbocycles. The van der Waals surface area contributed by atoms with Crippen LogP contribution >= 0.6 is 0 Å². The van der Waals surface area contributed by atoms with Crippen LogP contribution in [0.3, 0.4) is 0 Å². The fourth-order valence-electron chi connectivity index (χ4n) is 8.32. The molecule has 0 spiro atoms. The Morgan fingerprint density at radius 3 is 2.41 bits per heavy atom. The number of carbonyl (C=O) groups excluding carboxylic acids is 3. The van der Waals surface area contributed by atoms with Crippen molar-refractivity contribution in [2.45, 2.75) is 87.7 Å². The maximum absolute atomic E-state index is 14.3. The molecule has 260 valence electrons. The van der Waals surface area contributed by atoms with Crippen molar-refractivity contribution in [3.8, 4) is 5.75 Å². The highest BCUT2D eigenvalue weighted by molar-refractivity contribution is 5.94. The zero-order valence-corrected chi connectivity index (χ0v) is 27.3. The molecule has 0 unspecified atom stereocenters. The SMILES string of the molecule is O=C(CCNC(=O)[C@@]12C[C@H]3OC(=O)[C@@H]1N(Cc1ccc(C=CCc4ccccc4O)cc1)O[C@@H]2[C@H]1OC(C2CC2)(C2CC2)O[C@H]13)NCCO. The predicted octanol–water partition coefficient (Wildman–Crippen LogP) is 2.36. The number of para-hydroxylation sites is 1. The van der Waals surface area contributed by atoms with E-state index in [0.29, 0.717) is 6.42 Å². The number of ether oxygens (including phenoxy) is 3. The van der Waals surface area contributed by atoms with Crippen molar-refractivity contribution in [2.24, 2.45) is 17.3 Å². The van der Waals surface area contributed by atoms with Gasteiger partial charge in [0.05, 0.1) is 13.2 Å². The number of nitrogens with zero attached hydrogens (tertiary/aromatic N) is 1. The molecule has 6 atom stereocenters. The number of hydrogen-bond acceptors (Lipinski definition) is 10. The van der Waals surface area contributed by atoms with Gasteiger partial charge in [-0.25, -0.2) is 0 Å². The Labute approximate surface area is 284 Å². The van der Waals surface area contributed by atoms with Crippen molar-refractivity contribution in [2.75, 3.05) is 19.7 Å². The molecular weight excluding hydrogens is 630 g/mol. The number of hydrogen-bond donors (Lipinski definition) is 4. The van der Waals surface area contributed by atoms with E-state index < -0.39 is 47.6 Å². The van der Waals surface area contributed by atoms with Crippen LogP contribution in [0, 0.1) is 17.3 Å². The number of rotatable bonds is 13. The Balaban J connectivity index is 1.03. The second kappa shape index (κ2) is 12.8. The van der Waals surface area contributed by atoms with Crippen molar-refractivity contribution in [3.05, 3.63) is 71.3 Å². The van der Waals surface area contributed by atoms with E-state index in [0.717, 1.165) is 42.4 Å². The Hall–Kier alpha value is -3.81. The minimum absolute atomic E-state index is 0.0288. The van der Waals surface area contributed by atoms with Crippen molar-refractivity contribution in [1.82, 2.24) is 15.7 Å². The summed E-state index contributed by atoms with van der Waals surface area (Å²) < 4.78 is 19.7. The number of benzene rings is 2. The Bertz CT molecular complexity index is 1610. The van der Waals surface area contributed by atoms with Gasteiger partial charge in [0.2, 0.25) is 11.8 Å². The topological polar surface area (TPSA) is 156 Å². The summed E-state index contributed by atoms with van der Waals surface area (Å²) in [6.45, 7) is 0.260. The van der Waals surface area contributed by atoms with Crippen LogP contribution < -0.4 is 10.6 Å². The number of phenols is 1. The lowest BCUT2D eigenvalue weighted by molar-refractivity contribution is -0.235. The van der Waals surface area contributed by atoms with Crippen LogP contribution in [0.2, 0.25) is 0 Å². The van der Waals surface area contributed by atoms with Gasteiger partial charge in [-0.05, 0) is 54.9 Å². The minimum Gasteiger partial charge on any atom is -0.508 e. The first-order valence-electron chi connectivity index (χ1n) is 17.5. The fourth-order valence-corrected chi connectivity index (χ4v) is 8.32. The molecule has 3 heterocycles. The molecule has 2 bridgehead atoms. The highest BCUT2D eigenvalue weighted by Crippen LogP contribution is 2.63. The van der Waals surface area contributed by atoms with Crippen LogP contribution in [0.5, 0.6) is 5.75 Å². The molecule has 12 heteroatoms. The molecule has 6 aliphatic rings. The van der Waals surface area contributed by atoms with Crippen LogP contribution in [0.15, 0.2) is 54.6 Å². The average molecular weight is 674 g/mol. The summed E-state index contributed by atoms with van der Waals surface area (Å²) in [4.78, 5) is 47.1. The summed E-state index contributed by atoms with van der Waals surface area (Å²) in [5.74, 6) is -1.11. The first-order chi connectivity index (χ1) is 23.8. The van der Waals surface area contributed by atoms with Gasteiger partial charge in [0.25, 0.3) is 0 Å². The lowest BCUT2D eigenvalue weighted by atomic mass is 9.62. The molecule has 6 fully saturated rings. The number of allylic oxidation sites excluding steroid dienone is 1. The summed E-state index contributed by atoms with van der Waals surface area (Å²) in [5.41, 5.74) is 1.40. The van der Waals surface area contributed by atoms with Gasteiger partial charge in [0.15, 0.2) is 11.8 Å². The van der Waals surface area contributed by atoms with Crippen molar-refractivity contribution in [1.29, 1.82) is 0 Å². The standard InChI is InChI=1S/C37H43N3O9/c41-19-18-38-29(43)16-17-39-35(45)36-20-28-30-31(48-37(47-30,25-12-13-25)26-14-15-26)33(36)49-40(32(36)34(44)46-28)21-23-10-8-22(9-11-23)4-3-6-24-5-1-2-7-27(24)42/h1-5,7-11,25-26,28,30-33,41-42H,6,12-21H2,(H,38,43)(H,39,45)/t28-,30+,31+,32+,33-,36+/m1/s1. The Morgan fingerprint density at radius 2 is 1.69 bits per heavy atom. The zero-order chi connectivity index (χ0) is 33.8. The molecule has 3 saturated heterocycles. The van der Waals surface area contributed by atoms with Gasteiger partial charge in [-0.1, -0.05) is 54.6 Å². The van der Waals surface area contributed by atoms with E-state index in [-0.39, 0.29) is 68.5 Å². The van der Waals surface area contributed by atoms with Gasteiger partial charge in [-0.2, -0.15) is 5.06 Å². The molecule has 12 nitrogen and oxygen atoms in total. The number of fused-ring (bicyclic) bond motifs is 4. The molecule has 8 rings (SSSR count). The lowest BCUT2D eigenvalue weighted by Crippen LogP contribution is -2.69. The molecule has 3 aliphatic carbocycles. The quantitative estimate of drug-likeness (QED) is 0.233. The van der Waals surface area contributed by atoms with E-state index in [9.17, 15) is 19.5 Å². The van der Waals surface area contributed by atoms with Crippen LogP contribution in [0.1, 0.15) is 55.2 Å². The molecule has 4 N–H and O–H groups in total. The third kappa shape index (κ3) is 5.83. The molecule has 0 radical (unpaired) electrons. The van der Waals surface area contributed by atoms with Crippen molar-refractivity contribution in [3.63, 3.8) is 0 Å². The monoisotopic (exact) mass is 673 g/mol. The summed E-state index contributed by atoms with van der Waals surface area (Å²) in [6, 6.07) is 14.1. The number of esters is 1. The number of carbonyl (C=O) groups is 3. The molecule has 49 heavy (non-hydrogen) atoms. The summed E-state index contributed by atoms with van der Waals surface area (Å²) in [6.07, 6.45) is 6.32. The van der Waals surface area contributed by atoms with Gasteiger partial charge >= 0.3 is 5.97 Å². The Kier molecular flexibility index (Phi) is 8.48. The van der Waals surface area contributed by atoms with E-state index >= 15 is 0 Å². The maximum Gasteiger partial charge on any atom is 0.327 e. The van der Waals surface area contributed by atoms with Crippen molar-refractivity contribution >= 4 is 23.9 Å². The number of phenolic OH excluding ortho intramolecular Hbond substituents is 1. The summed E-state index contributed by atoms with van der Waals surface area (Å²) in [7, 11) is 0. The second-order valence-corrected chi connectivity index (χ2v) is 14.2. The molecule has 2 amide bonds. The minimum atomic E-state index is -1.30. The fraction of sp³-hybridized carbons (Fsp3) is 0.541. The van der Waals surface area contributed by atoms with E-state index in [1.54, 1.807) is 17.2 Å².